The zero-order valence-corrected chi connectivity index (χ0v) is 13.9. The van der Waals surface area contributed by atoms with E-state index in [-0.39, 0.29) is 10.8 Å². The molecule has 2 saturated carbocycles. The second kappa shape index (κ2) is 4.38. The van der Waals surface area contributed by atoms with Crippen molar-refractivity contribution in [1.82, 2.24) is 0 Å². The standard InChI is InChI=1S/C17H22Cl2O/c1-15(2)11-7-8-16(3,9-11)17(15,20)10-12-13(18)5-4-6-14(12)19/h4-6,11,20H,7-10H2,1-3H3. The molecule has 2 aliphatic rings. The molecule has 2 fully saturated rings. The molecule has 110 valence electrons. The highest BCUT2D eigenvalue weighted by Gasteiger charge is 2.68. The minimum Gasteiger partial charge on any atom is -0.388 e. The average molecular weight is 313 g/mol. The van der Waals surface area contributed by atoms with E-state index in [0.29, 0.717) is 22.4 Å². The number of hydrogen-bond acceptors (Lipinski definition) is 1. The largest absolute Gasteiger partial charge is 0.388 e. The Morgan fingerprint density at radius 2 is 1.80 bits per heavy atom. The first kappa shape index (κ1) is 14.7. The Labute approximate surface area is 131 Å². The molecule has 1 aromatic rings. The summed E-state index contributed by atoms with van der Waals surface area (Å²) in [7, 11) is 0. The van der Waals surface area contributed by atoms with Gasteiger partial charge in [-0.3, -0.25) is 0 Å². The number of rotatable bonds is 2. The molecule has 0 spiro atoms. The third kappa shape index (κ3) is 1.73. The number of fused-ring (bicyclic) bond motifs is 2. The van der Waals surface area contributed by atoms with Crippen LogP contribution in [0.15, 0.2) is 18.2 Å². The van der Waals surface area contributed by atoms with Gasteiger partial charge in [0.05, 0.1) is 5.60 Å². The number of benzene rings is 1. The van der Waals surface area contributed by atoms with Crippen molar-refractivity contribution in [2.75, 3.05) is 0 Å². The molecular weight excluding hydrogens is 291 g/mol. The third-order valence-corrected chi connectivity index (χ3v) is 7.03. The zero-order valence-electron chi connectivity index (χ0n) is 12.3. The van der Waals surface area contributed by atoms with Crippen LogP contribution in [0.3, 0.4) is 0 Å². The molecule has 3 atom stereocenters. The predicted molar refractivity (Wildman–Crippen MR) is 84.3 cm³/mol. The number of aliphatic hydroxyl groups is 1. The van der Waals surface area contributed by atoms with Gasteiger partial charge in [0.2, 0.25) is 0 Å². The number of hydrogen-bond donors (Lipinski definition) is 1. The zero-order chi connectivity index (χ0) is 14.8. The molecule has 20 heavy (non-hydrogen) atoms. The van der Waals surface area contributed by atoms with Crippen molar-refractivity contribution < 1.29 is 5.11 Å². The summed E-state index contributed by atoms with van der Waals surface area (Å²) in [5.74, 6) is 0.596. The minimum absolute atomic E-state index is 0.0241. The molecule has 0 heterocycles. The van der Waals surface area contributed by atoms with Gasteiger partial charge in [-0.2, -0.15) is 0 Å². The van der Waals surface area contributed by atoms with E-state index in [4.69, 9.17) is 23.2 Å². The Hall–Kier alpha value is -0.240. The van der Waals surface area contributed by atoms with E-state index in [0.717, 1.165) is 18.4 Å². The van der Waals surface area contributed by atoms with Gasteiger partial charge in [-0.15, -0.1) is 0 Å². The fourth-order valence-electron chi connectivity index (χ4n) is 4.75. The van der Waals surface area contributed by atoms with Gasteiger partial charge in [-0.1, -0.05) is 50.0 Å². The fourth-order valence-corrected chi connectivity index (χ4v) is 5.28. The van der Waals surface area contributed by atoms with Gasteiger partial charge in [0.1, 0.15) is 0 Å². The molecule has 3 rings (SSSR count). The van der Waals surface area contributed by atoms with Crippen molar-refractivity contribution in [2.24, 2.45) is 16.7 Å². The molecule has 0 aromatic heterocycles. The topological polar surface area (TPSA) is 20.2 Å². The predicted octanol–water partition coefficient (Wildman–Crippen LogP) is 5.11. The lowest BCUT2D eigenvalue weighted by Crippen LogP contribution is -2.55. The molecule has 1 N–H and O–H groups in total. The van der Waals surface area contributed by atoms with E-state index in [2.05, 4.69) is 20.8 Å². The molecule has 1 aromatic carbocycles. The summed E-state index contributed by atoms with van der Waals surface area (Å²) in [5.41, 5.74) is 0.0316. The van der Waals surface area contributed by atoms with E-state index in [1.807, 2.05) is 18.2 Å². The maximum atomic E-state index is 11.6. The van der Waals surface area contributed by atoms with E-state index < -0.39 is 5.60 Å². The lowest BCUT2D eigenvalue weighted by Gasteiger charge is -2.51. The highest BCUT2D eigenvalue weighted by atomic mass is 35.5. The van der Waals surface area contributed by atoms with Gasteiger partial charge in [0.15, 0.2) is 0 Å². The van der Waals surface area contributed by atoms with Crippen LogP contribution in [0, 0.1) is 16.7 Å². The van der Waals surface area contributed by atoms with Crippen molar-refractivity contribution in [2.45, 2.75) is 52.1 Å². The maximum Gasteiger partial charge on any atom is 0.0795 e. The Kier molecular flexibility index (Phi) is 3.22. The monoisotopic (exact) mass is 312 g/mol. The smallest absolute Gasteiger partial charge is 0.0795 e. The van der Waals surface area contributed by atoms with Crippen LogP contribution in [0.25, 0.3) is 0 Å². The lowest BCUT2D eigenvalue weighted by molar-refractivity contribution is -0.141. The van der Waals surface area contributed by atoms with Crippen LogP contribution in [0.1, 0.15) is 45.6 Å². The Balaban J connectivity index is 2.05. The van der Waals surface area contributed by atoms with Gasteiger partial charge in [0.25, 0.3) is 0 Å². The van der Waals surface area contributed by atoms with Crippen molar-refractivity contribution in [3.05, 3.63) is 33.8 Å². The summed E-state index contributed by atoms with van der Waals surface area (Å²) < 4.78 is 0. The Morgan fingerprint density at radius 3 is 2.30 bits per heavy atom. The molecule has 0 aliphatic heterocycles. The second-order valence-electron chi connectivity index (χ2n) is 7.46. The molecule has 2 aliphatic carbocycles. The summed E-state index contributed by atoms with van der Waals surface area (Å²) in [4.78, 5) is 0. The molecule has 0 amide bonds. The Morgan fingerprint density at radius 1 is 1.20 bits per heavy atom. The molecule has 0 saturated heterocycles. The molecule has 3 unspecified atom stereocenters. The quantitative estimate of drug-likeness (QED) is 0.804. The first-order chi connectivity index (χ1) is 9.21. The van der Waals surface area contributed by atoms with Crippen molar-refractivity contribution in [1.29, 1.82) is 0 Å². The molecule has 2 bridgehead atoms. The van der Waals surface area contributed by atoms with Gasteiger partial charge in [-0.25, -0.2) is 0 Å². The van der Waals surface area contributed by atoms with Crippen LogP contribution in [0.5, 0.6) is 0 Å². The van der Waals surface area contributed by atoms with Crippen LogP contribution in [0.2, 0.25) is 10.0 Å². The van der Waals surface area contributed by atoms with E-state index in [1.165, 1.54) is 6.42 Å². The van der Waals surface area contributed by atoms with Crippen LogP contribution in [0.4, 0.5) is 0 Å². The van der Waals surface area contributed by atoms with Gasteiger partial charge < -0.3 is 5.11 Å². The summed E-state index contributed by atoms with van der Waals surface area (Å²) in [6.07, 6.45) is 3.98. The molecule has 1 nitrogen and oxygen atoms in total. The molecular formula is C17H22Cl2O. The maximum absolute atomic E-state index is 11.6. The van der Waals surface area contributed by atoms with E-state index in [1.54, 1.807) is 0 Å². The Bertz CT molecular complexity index is 527. The van der Waals surface area contributed by atoms with Crippen molar-refractivity contribution in [3.8, 4) is 0 Å². The molecule has 0 radical (unpaired) electrons. The summed E-state index contributed by atoms with van der Waals surface area (Å²) in [6.45, 7) is 6.63. The summed E-state index contributed by atoms with van der Waals surface area (Å²) >= 11 is 12.6. The second-order valence-corrected chi connectivity index (χ2v) is 8.27. The van der Waals surface area contributed by atoms with E-state index >= 15 is 0 Å². The SMILES string of the molecule is CC12CCC(C1)C(C)(C)C2(O)Cc1c(Cl)cccc1Cl. The van der Waals surface area contributed by atoms with Crippen LogP contribution in [-0.2, 0) is 6.42 Å². The normalized spacial score (nSPS) is 38.4. The number of halogens is 2. The third-order valence-electron chi connectivity index (χ3n) is 6.32. The van der Waals surface area contributed by atoms with Crippen LogP contribution < -0.4 is 0 Å². The van der Waals surface area contributed by atoms with Crippen LogP contribution >= 0.6 is 23.2 Å². The summed E-state index contributed by atoms with van der Waals surface area (Å²) in [5, 5.41) is 12.9. The molecule has 3 heteroatoms. The van der Waals surface area contributed by atoms with Crippen molar-refractivity contribution >= 4 is 23.2 Å². The minimum atomic E-state index is -0.739. The first-order valence-corrected chi connectivity index (χ1v) is 8.12. The van der Waals surface area contributed by atoms with Crippen LogP contribution in [-0.4, -0.2) is 10.7 Å². The summed E-state index contributed by atoms with van der Waals surface area (Å²) in [6, 6.07) is 5.56. The fraction of sp³-hybridized carbons (Fsp3) is 0.647. The van der Waals surface area contributed by atoms with E-state index in [9.17, 15) is 5.11 Å². The van der Waals surface area contributed by atoms with Gasteiger partial charge in [-0.05, 0) is 53.7 Å². The van der Waals surface area contributed by atoms with Gasteiger partial charge >= 0.3 is 0 Å². The first-order valence-electron chi connectivity index (χ1n) is 7.36. The lowest BCUT2D eigenvalue weighted by atomic mass is 9.58. The van der Waals surface area contributed by atoms with Crippen molar-refractivity contribution in [3.63, 3.8) is 0 Å². The highest BCUT2D eigenvalue weighted by Crippen LogP contribution is 2.69. The highest BCUT2D eigenvalue weighted by molar-refractivity contribution is 6.36. The average Bonchev–Trinajstić information content (AvgIpc) is 2.82. The van der Waals surface area contributed by atoms with Gasteiger partial charge in [0, 0.05) is 16.5 Å².